The number of hydrogen-bond acceptors (Lipinski definition) is 5. The maximum absolute atomic E-state index is 5.76. The monoisotopic (exact) mass is 231 g/mol. The van der Waals surface area contributed by atoms with Crippen LogP contribution in [0.5, 0.6) is 5.75 Å². The molecule has 1 aliphatic rings. The van der Waals surface area contributed by atoms with Gasteiger partial charge in [-0.05, 0) is 18.6 Å². The highest BCUT2D eigenvalue weighted by molar-refractivity contribution is 5.37. The first-order valence-corrected chi connectivity index (χ1v) is 5.57. The average Bonchev–Trinajstić information content (AvgIpc) is 2.95. The summed E-state index contributed by atoms with van der Waals surface area (Å²) >= 11 is 0. The van der Waals surface area contributed by atoms with Crippen molar-refractivity contribution in [2.45, 2.75) is 25.5 Å². The van der Waals surface area contributed by atoms with Crippen molar-refractivity contribution in [2.24, 2.45) is 5.73 Å². The summed E-state index contributed by atoms with van der Waals surface area (Å²) in [6.07, 6.45) is 0.609. The predicted molar refractivity (Wildman–Crippen MR) is 60.4 cm³/mol. The Labute approximate surface area is 98.6 Å². The number of nitrogens with zero attached hydrogens (tertiary/aromatic N) is 2. The molecule has 0 bridgehead atoms. The van der Waals surface area contributed by atoms with E-state index < -0.39 is 0 Å². The first-order valence-electron chi connectivity index (χ1n) is 5.57. The van der Waals surface area contributed by atoms with Gasteiger partial charge in [0.2, 0.25) is 11.7 Å². The second-order valence-electron chi connectivity index (χ2n) is 4.20. The molecule has 3 rings (SSSR count). The molecular formula is C12H13N3O2. The summed E-state index contributed by atoms with van der Waals surface area (Å²) in [6.45, 7) is 1.81. The van der Waals surface area contributed by atoms with Gasteiger partial charge in [0.25, 0.3) is 0 Å². The molecule has 0 aliphatic carbocycles. The smallest absolute Gasteiger partial charge is 0.243 e. The fourth-order valence-corrected chi connectivity index (χ4v) is 1.89. The first kappa shape index (κ1) is 10.3. The van der Waals surface area contributed by atoms with Crippen molar-refractivity contribution >= 4 is 0 Å². The van der Waals surface area contributed by atoms with Gasteiger partial charge in [0.15, 0.2) is 6.10 Å². The zero-order valence-electron chi connectivity index (χ0n) is 9.46. The quantitative estimate of drug-likeness (QED) is 0.852. The summed E-state index contributed by atoms with van der Waals surface area (Å²) < 4.78 is 10.8. The van der Waals surface area contributed by atoms with E-state index in [0.29, 0.717) is 11.7 Å². The van der Waals surface area contributed by atoms with Gasteiger partial charge >= 0.3 is 0 Å². The molecule has 5 nitrogen and oxygen atoms in total. The Morgan fingerprint density at radius 3 is 2.94 bits per heavy atom. The molecule has 1 aromatic heterocycles. The number of fused-ring (bicyclic) bond motifs is 1. The molecule has 0 fully saturated rings. The first-order chi connectivity index (χ1) is 8.24. The minimum Gasteiger partial charge on any atom is -0.482 e. The van der Waals surface area contributed by atoms with Crippen LogP contribution in [0.1, 0.15) is 36.3 Å². The van der Waals surface area contributed by atoms with Crippen molar-refractivity contribution in [3.63, 3.8) is 0 Å². The van der Waals surface area contributed by atoms with Crippen LogP contribution in [0.25, 0.3) is 0 Å². The summed E-state index contributed by atoms with van der Waals surface area (Å²) in [5.41, 5.74) is 6.84. The maximum atomic E-state index is 5.76. The summed E-state index contributed by atoms with van der Waals surface area (Å²) in [6, 6.07) is 7.68. The fraction of sp³-hybridized carbons (Fsp3) is 0.333. The van der Waals surface area contributed by atoms with E-state index in [-0.39, 0.29) is 12.1 Å². The summed E-state index contributed by atoms with van der Waals surface area (Å²) in [5, 5.41) is 3.91. The standard InChI is InChI=1S/C12H13N3O2/c1-7(13)12-14-11(15-17-12)10-6-8-4-2-3-5-9(8)16-10/h2-5,7,10H,6,13H2,1H3/t7-,10?/m0/s1. The van der Waals surface area contributed by atoms with Crippen molar-refractivity contribution in [1.29, 1.82) is 0 Å². The van der Waals surface area contributed by atoms with Gasteiger partial charge in [0.1, 0.15) is 5.75 Å². The molecule has 0 radical (unpaired) electrons. The largest absolute Gasteiger partial charge is 0.482 e. The molecule has 88 valence electrons. The third-order valence-corrected chi connectivity index (χ3v) is 2.78. The van der Waals surface area contributed by atoms with E-state index in [4.69, 9.17) is 15.0 Å². The molecule has 2 heterocycles. The third kappa shape index (κ3) is 1.78. The van der Waals surface area contributed by atoms with Crippen LogP contribution in [-0.2, 0) is 6.42 Å². The van der Waals surface area contributed by atoms with Gasteiger partial charge in [-0.25, -0.2) is 0 Å². The highest BCUT2D eigenvalue weighted by Gasteiger charge is 2.28. The van der Waals surface area contributed by atoms with Gasteiger partial charge in [-0.3, -0.25) is 0 Å². The van der Waals surface area contributed by atoms with E-state index in [1.54, 1.807) is 0 Å². The van der Waals surface area contributed by atoms with Gasteiger partial charge < -0.3 is 15.0 Å². The molecule has 2 N–H and O–H groups in total. The van der Waals surface area contributed by atoms with Crippen molar-refractivity contribution in [3.05, 3.63) is 41.5 Å². The zero-order chi connectivity index (χ0) is 11.8. The predicted octanol–water partition coefficient (Wildman–Crippen LogP) is 1.77. The van der Waals surface area contributed by atoms with E-state index in [9.17, 15) is 0 Å². The van der Waals surface area contributed by atoms with Gasteiger partial charge in [-0.1, -0.05) is 23.4 Å². The van der Waals surface area contributed by atoms with Gasteiger partial charge in [-0.15, -0.1) is 0 Å². The van der Waals surface area contributed by atoms with Crippen molar-refractivity contribution < 1.29 is 9.26 Å². The zero-order valence-corrected chi connectivity index (χ0v) is 9.46. The van der Waals surface area contributed by atoms with Crippen molar-refractivity contribution in [2.75, 3.05) is 0 Å². The Hall–Kier alpha value is -1.88. The number of rotatable bonds is 2. The minimum absolute atomic E-state index is 0.163. The van der Waals surface area contributed by atoms with Crippen LogP contribution in [0.15, 0.2) is 28.8 Å². The van der Waals surface area contributed by atoms with Crippen LogP contribution in [0.3, 0.4) is 0 Å². The average molecular weight is 231 g/mol. The van der Waals surface area contributed by atoms with Crippen LogP contribution in [0.4, 0.5) is 0 Å². The number of nitrogens with two attached hydrogens (primary N) is 1. The molecule has 1 aromatic carbocycles. The van der Waals surface area contributed by atoms with Crippen LogP contribution in [-0.4, -0.2) is 10.1 Å². The molecule has 0 saturated heterocycles. The van der Waals surface area contributed by atoms with Crippen LogP contribution in [0, 0.1) is 0 Å². The lowest BCUT2D eigenvalue weighted by Crippen LogP contribution is -2.08. The Morgan fingerprint density at radius 2 is 2.24 bits per heavy atom. The summed E-state index contributed by atoms with van der Waals surface area (Å²) in [7, 11) is 0. The molecule has 2 aromatic rings. The van der Waals surface area contributed by atoms with Gasteiger partial charge in [-0.2, -0.15) is 4.98 Å². The number of hydrogen-bond donors (Lipinski definition) is 1. The van der Waals surface area contributed by atoms with Crippen LogP contribution >= 0.6 is 0 Å². The number of para-hydroxylation sites is 1. The highest BCUT2D eigenvalue weighted by Crippen LogP contribution is 2.35. The van der Waals surface area contributed by atoms with E-state index >= 15 is 0 Å². The lowest BCUT2D eigenvalue weighted by atomic mass is 10.1. The van der Waals surface area contributed by atoms with Crippen molar-refractivity contribution in [1.82, 2.24) is 10.1 Å². The second-order valence-corrected chi connectivity index (χ2v) is 4.20. The Kier molecular flexibility index (Phi) is 2.33. The van der Waals surface area contributed by atoms with Gasteiger partial charge in [0.05, 0.1) is 6.04 Å². The van der Waals surface area contributed by atoms with E-state index in [0.717, 1.165) is 12.2 Å². The molecule has 1 unspecified atom stereocenters. The minimum atomic E-state index is -0.250. The van der Waals surface area contributed by atoms with E-state index in [2.05, 4.69) is 10.1 Å². The summed E-state index contributed by atoms with van der Waals surface area (Å²) in [5.74, 6) is 1.90. The van der Waals surface area contributed by atoms with Crippen molar-refractivity contribution in [3.8, 4) is 5.75 Å². The molecular weight excluding hydrogens is 218 g/mol. The summed E-state index contributed by atoms with van der Waals surface area (Å²) in [4.78, 5) is 4.25. The molecule has 2 atom stereocenters. The molecule has 0 saturated carbocycles. The topological polar surface area (TPSA) is 74.2 Å². The normalized spacial score (nSPS) is 19.8. The molecule has 0 amide bonds. The Morgan fingerprint density at radius 1 is 1.41 bits per heavy atom. The van der Waals surface area contributed by atoms with Crippen LogP contribution < -0.4 is 10.5 Å². The SMILES string of the molecule is C[C@H](N)c1nc(C2Cc3ccccc3O2)no1. The van der Waals surface area contributed by atoms with Gasteiger partial charge in [0, 0.05) is 6.42 Å². The number of aromatic nitrogens is 2. The molecule has 5 heteroatoms. The third-order valence-electron chi connectivity index (χ3n) is 2.78. The van der Waals surface area contributed by atoms with E-state index in [1.807, 2.05) is 31.2 Å². The van der Waals surface area contributed by atoms with E-state index in [1.165, 1.54) is 5.56 Å². The Balaban J connectivity index is 1.84. The fourth-order valence-electron chi connectivity index (χ4n) is 1.89. The molecule has 17 heavy (non-hydrogen) atoms. The number of benzene rings is 1. The molecule has 0 spiro atoms. The second kappa shape index (κ2) is 3.85. The maximum Gasteiger partial charge on any atom is 0.243 e. The molecule has 1 aliphatic heterocycles. The lowest BCUT2D eigenvalue weighted by Gasteiger charge is -2.04. The lowest BCUT2D eigenvalue weighted by molar-refractivity contribution is 0.221. The van der Waals surface area contributed by atoms with Crippen LogP contribution in [0.2, 0.25) is 0 Å². The number of ether oxygens (including phenoxy) is 1. The highest BCUT2D eigenvalue weighted by atomic mass is 16.5. The Bertz CT molecular complexity index is 511.